The molecule has 1 fully saturated rings. The Balaban J connectivity index is 0.00000259. The molecule has 0 aromatic heterocycles. The van der Waals surface area contributed by atoms with E-state index in [1.807, 2.05) is 23.2 Å². The molecule has 5 rings (SSSR count). The summed E-state index contributed by atoms with van der Waals surface area (Å²) in [4.78, 5) is 13.2. The molecule has 33 heavy (non-hydrogen) atoms. The van der Waals surface area contributed by atoms with E-state index >= 15 is 0 Å². The molecule has 2 aromatic rings. The van der Waals surface area contributed by atoms with Crippen molar-refractivity contribution in [3.63, 3.8) is 0 Å². The van der Waals surface area contributed by atoms with Crippen molar-refractivity contribution in [2.24, 2.45) is 5.41 Å². The van der Waals surface area contributed by atoms with Crippen LogP contribution in [0.3, 0.4) is 0 Å². The van der Waals surface area contributed by atoms with E-state index in [2.05, 4.69) is 37.3 Å². The molecule has 174 valence electrons. The van der Waals surface area contributed by atoms with Crippen LogP contribution in [0.25, 0.3) is 5.57 Å². The van der Waals surface area contributed by atoms with Crippen molar-refractivity contribution in [3.8, 4) is 5.75 Å². The van der Waals surface area contributed by atoms with Crippen LogP contribution in [-0.2, 0) is 17.6 Å². The molecule has 0 amide bonds. The van der Waals surface area contributed by atoms with Crippen LogP contribution in [0.1, 0.15) is 42.9 Å². The Morgan fingerprint density at radius 2 is 1.94 bits per heavy atom. The van der Waals surface area contributed by atoms with Crippen molar-refractivity contribution in [2.45, 2.75) is 45.1 Å². The quantitative estimate of drug-likeness (QED) is 0.485. The molecule has 1 atom stereocenters. The predicted molar refractivity (Wildman–Crippen MR) is 134 cm³/mol. The van der Waals surface area contributed by atoms with Gasteiger partial charge in [-0.2, -0.15) is 0 Å². The summed E-state index contributed by atoms with van der Waals surface area (Å²) in [7, 11) is 0. The van der Waals surface area contributed by atoms with Crippen molar-refractivity contribution in [1.29, 1.82) is 0 Å². The van der Waals surface area contributed by atoms with Crippen LogP contribution >= 0.6 is 24.0 Å². The number of allylic oxidation sites excluding steroid dienone is 1. The number of fused-ring (bicyclic) bond motifs is 1. The van der Waals surface area contributed by atoms with Crippen molar-refractivity contribution >= 4 is 35.6 Å². The van der Waals surface area contributed by atoms with Gasteiger partial charge in [-0.3, -0.25) is 0 Å². The van der Waals surface area contributed by atoms with Gasteiger partial charge in [0.05, 0.1) is 6.61 Å². The summed E-state index contributed by atoms with van der Waals surface area (Å²) in [5.41, 5.74) is 6.73. The summed E-state index contributed by atoms with van der Waals surface area (Å²) >= 11 is 6.01. The number of halogens is 2. The maximum Gasteiger partial charge on any atom is 0.330 e. The van der Waals surface area contributed by atoms with E-state index in [1.165, 1.54) is 40.7 Å². The summed E-state index contributed by atoms with van der Waals surface area (Å²) in [6, 6.07) is 14.1. The third-order valence-electron chi connectivity index (χ3n) is 7.15. The molecular weight excluding hydrogens is 457 g/mol. The highest BCUT2D eigenvalue weighted by molar-refractivity contribution is 6.30. The summed E-state index contributed by atoms with van der Waals surface area (Å²) in [6.07, 6.45) is 8.97. The fourth-order valence-corrected chi connectivity index (χ4v) is 4.93. The van der Waals surface area contributed by atoms with Crippen LogP contribution in [0, 0.1) is 5.41 Å². The highest BCUT2D eigenvalue weighted by atomic mass is 35.5. The fraction of sp³-hybridized carbons (Fsp3) is 0.370. The first-order valence-corrected chi connectivity index (χ1v) is 11.7. The number of carbonyl (C=O) groups is 1. The normalized spacial score (nSPS) is 19.9. The first-order valence-electron chi connectivity index (χ1n) is 11.3. The average Bonchev–Trinajstić information content (AvgIpc) is 3.52. The molecule has 1 heterocycles. The van der Waals surface area contributed by atoms with Crippen LogP contribution in [0.5, 0.6) is 5.75 Å². The number of carboxylic acids is 1. The lowest BCUT2D eigenvalue weighted by molar-refractivity contribution is -0.141. The molecule has 0 spiro atoms. The van der Waals surface area contributed by atoms with Gasteiger partial charge in [0.1, 0.15) is 11.8 Å². The second-order valence-corrected chi connectivity index (χ2v) is 9.87. The van der Waals surface area contributed by atoms with Gasteiger partial charge in [0.25, 0.3) is 0 Å². The number of rotatable bonds is 8. The molecule has 2 aliphatic carbocycles. The zero-order valence-electron chi connectivity index (χ0n) is 18.7. The summed E-state index contributed by atoms with van der Waals surface area (Å²) in [6.45, 7) is 3.58. The molecule has 1 unspecified atom stereocenters. The van der Waals surface area contributed by atoms with Gasteiger partial charge in [-0.1, -0.05) is 29.8 Å². The van der Waals surface area contributed by atoms with E-state index in [9.17, 15) is 9.90 Å². The van der Waals surface area contributed by atoms with Gasteiger partial charge in [-0.15, -0.1) is 12.4 Å². The zero-order chi connectivity index (χ0) is 22.3. The van der Waals surface area contributed by atoms with Crippen LogP contribution in [0.15, 0.2) is 60.3 Å². The first kappa shape index (κ1) is 23.7. The average molecular weight is 486 g/mol. The summed E-state index contributed by atoms with van der Waals surface area (Å²) in [5.74, 6) is 0.159. The molecule has 2 aromatic carbocycles. The molecular formula is C27H29Cl2NO3. The molecule has 1 aliphatic heterocycles. The highest BCUT2D eigenvalue weighted by Gasteiger charge is 2.43. The monoisotopic (exact) mass is 485 g/mol. The molecule has 3 aliphatic rings. The Morgan fingerprint density at radius 3 is 2.58 bits per heavy atom. The van der Waals surface area contributed by atoms with E-state index in [0.29, 0.717) is 6.54 Å². The minimum Gasteiger partial charge on any atom is -0.493 e. The van der Waals surface area contributed by atoms with Crippen molar-refractivity contribution in [2.75, 3.05) is 13.2 Å². The summed E-state index contributed by atoms with van der Waals surface area (Å²) < 4.78 is 6.26. The topological polar surface area (TPSA) is 49.8 Å². The number of hydrogen-bond donors (Lipinski definition) is 1. The Bertz CT molecular complexity index is 1100. The Kier molecular flexibility index (Phi) is 6.78. The third-order valence-corrected chi connectivity index (χ3v) is 7.40. The maximum absolute atomic E-state index is 11.3. The molecule has 4 nitrogen and oxygen atoms in total. The van der Waals surface area contributed by atoms with E-state index in [4.69, 9.17) is 16.3 Å². The third kappa shape index (κ3) is 5.07. The number of aryl methyl sites for hydroxylation is 1. The van der Waals surface area contributed by atoms with Gasteiger partial charge < -0.3 is 14.7 Å². The van der Waals surface area contributed by atoms with Gasteiger partial charge in [0, 0.05) is 17.0 Å². The molecule has 1 saturated carbocycles. The lowest BCUT2D eigenvalue weighted by atomic mass is 9.85. The van der Waals surface area contributed by atoms with E-state index in [1.54, 1.807) is 6.08 Å². The second kappa shape index (κ2) is 9.44. The first-order chi connectivity index (χ1) is 15.4. The van der Waals surface area contributed by atoms with Crippen LogP contribution < -0.4 is 4.74 Å². The molecule has 6 heteroatoms. The standard InChI is InChI=1S/C27H28ClNO3.ClH/c1-18-21(16-29-13-10-25(29)26(30)31)5-4-20-14-23(8-9-24(18)20)32-17-27(11-12-27)15-19-2-6-22(28)7-3-19;/h2-3,6-10,13-14,25H,4-5,11-12,15-17H2,1H3,(H,30,31);1H. The van der Waals surface area contributed by atoms with Crippen molar-refractivity contribution in [1.82, 2.24) is 4.90 Å². The van der Waals surface area contributed by atoms with Gasteiger partial charge in [-0.05, 0) is 103 Å². The Hall–Kier alpha value is -2.43. The van der Waals surface area contributed by atoms with Gasteiger partial charge in [0.2, 0.25) is 0 Å². The van der Waals surface area contributed by atoms with Crippen molar-refractivity contribution in [3.05, 3.63) is 82.0 Å². The molecule has 1 N–H and O–H groups in total. The largest absolute Gasteiger partial charge is 0.493 e. The number of nitrogens with zero attached hydrogens (tertiary/aromatic N) is 1. The zero-order valence-corrected chi connectivity index (χ0v) is 20.3. The second-order valence-electron chi connectivity index (χ2n) is 9.44. The van der Waals surface area contributed by atoms with Gasteiger partial charge in [-0.25, -0.2) is 4.79 Å². The smallest absolute Gasteiger partial charge is 0.330 e. The molecule has 0 bridgehead atoms. The van der Waals surface area contributed by atoms with Crippen LogP contribution in [0.2, 0.25) is 5.02 Å². The Labute approximate surface area is 206 Å². The minimum atomic E-state index is -0.784. The van der Waals surface area contributed by atoms with Crippen LogP contribution in [-0.4, -0.2) is 35.2 Å². The maximum atomic E-state index is 11.3. The summed E-state index contributed by atoms with van der Waals surface area (Å²) in [5, 5.41) is 10.0. The molecule has 0 radical (unpaired) electrons. The predicted octanol–water partition coefficient (Wildman–Crippen LogP) is 6.17. The van der Waals surface area contributed by atoms with Crippen LogP contribution in [0.4, 0.5) is 0 Å². The van der Waals surface area contributed by atoms with E-state index in [0.717, 1.165) is 36.6 Å². The SMILES string of the molecule is CC1=C(CN2C=CC2C(=O)O)CCc2cc(OCC3(Cc4ccc(Cl)cc4)CC3)ccc21.Cl. The lowest BCUT2D eigenvalue weighted by Crippen LogP contribution is -2.43. The van der Waals surface area contributed by atoms with Gasteiger partial charge >= 0.3 is 5.97 Å². The van der Waals surface area contributed by atoms with Crippen molar-refractivity contribution < 1.29 is 14.6 Å². The minimum absolute atomic E-state index is 0. The number of ether oxygens (including phenoxy) is 1. The van der Waals surface area contributed by atoms with Gasteiger partial charge in [0.15, 0.2) is 0 Å². The van der Waals surface area contributed by atoms with E-state index in [-0.39, 0.29) is 17.8 Å². The number of aliphatic carboxylic acids is 1. The van der Waals surface area contributed by atoms with E-state index < -0.39 is 12.0 Å². The lowest BCUT2D eigenvalue weighted by Gasteiger charge is -2.35. The Morgan fingerprint density at radius 1 is 1.18 bits per heavy atom. The highest BCUT2D eigenvalue weighted by Crippen LogP contribution is 2.49. The number of benzene rings is 2. The number of carboxylic acid groups (broad SMARTS) is 1. The number of hydrogen-bond acceptors (Lipinski definition) is 3. The molecule has 0 saturated heterocycles. The fourth-order valence-electron chi connectivity index (χ4n) is 4.80.